The lowest BCUT2D eigenvalue weighted by molar-refractivity contribution is -0.116. The molecule has 4 rings (SSSR count). The monoisotopic (exact) mass is 483 g/mol. The number of para-hydroxylation sites is 1. The maximum absolute atomic E-state index is 13.1. The fraction of sp³-hybridized carbons (Fsp3) is 0.179. The van der Waals surface area contributed by atoms with Crippen molar-refractivity contribution in [3.63, 3.8) is 0 Å². The average Bonchev–Trinajstić information content (AvgIpc) is 3.33. The van der Waals surface area contributed by atoms with E-state index in [0.717, 1.165) is 16.9 Å². The summed E-state index contributed by atoms with van der Waals surface area (Å²) < 4.78 is 6.91. The number of nitrogens with zero attached hydrogens (tertiary/aromatic N) is 3. The Labute approximate surface area is 210 Å². The van der Waals surface area contributed by atoms with Crippen molar-refractivity contribution in [2.24, 2.45) is 0 Å². The zero-order valence-corrected chi connectivity index (χ0v) is 20.3. The molecule has 184 valence electrons. The van der Waals surface area contributed by atoms with Gasteiger partial charge in [-0.25, -0.2) is 9.48 Å². The van der Waals surface area contributed by atoms with Crippen molar-refractivity contribution in [2.75, 3.05) is 30.8 Å². The van der Waals surface area contributed by atoms with Crippen molar-refractivity contribution >= 4 is 23.4 Å². The Balaban J connectivity index is 1.52. The second-order valence-electron chi connectivity index (χ2n) is 8.16. The van der Waals surface area contributed by atoms with Crippen LogP contribution < -0.4 is 15.4 Å². The molecule has 36 heavy (non-hydrogen) atoms. The third-order valence-corrected chi connectivity index (χ3v) is 5.48. The average molecular weight is 484 g/mol. The van der Waals surface area contributed by atoms with E-state index in [-0.39, 0.29) is 18.5 Å². The van der Waals surface area contributed by atoms with E-state index < -0.39 is 0 Å². The standard InChI is InChI=1S/C28H29N5O3/c1-3-17-32(28(35)29-22-13-10-16-24(18-22)36-2)20-27(34)30-26-19-25(21-11-6-4-7-12-21)31-33(26)23-14-8-5-9-15-23/h4-16,18-19H,3,17,20H2,1-2H3,(H,29,35)(H,30,34). The number of amides is 3. The molecule has 0 unspecified atom stereocenters. The molecular weight excluding hydrogens is 454 g/mol. The van der Waals surface area contributed by atoms with Gasteiger partial charge in [-0.1, -0.05) is 61.5 Å². The highest BCUT2D eigenvalue weighted by Crippen LogP contribution is 2.25. The summed E-state index contributed by atoms with van der Waals surface area (Å²) in [6, 6.07) is 27.9. The van der Waals surface area contributed by atoms with Gasteiger partial charge >= 0.3 is 6.03 Å². The Hall–Kier alpha value is -4.59. The van der Waals surface area contributed by atoms with E-state index >= 15 is 0 Å². The van der Waals surface area contributed by atoms with Crippen molar-refractivity contribution < 1.29 is 14.3 Å². The number of carbonyl (C=O) groups excluding carboxylic acids is 2. The van der Waals surface area contributed by atoms with E-state index in [9.17, 15) is 9.59 Å². The molecule has 0 fully saturated rings. The Kier molecular flexibility index (Phi) is 7.97. The van der Waals surface area contributed by atoms with Gasteiger partial charge in [0.2, 0.25) is 5.91 Å². The Morgan fingerprint density at radius 2 is 1.64 bits per heavy atom. The fourth-order valence-electron chi connectivity index (χ4n) is 3.77. The Bertz CT molecular complexity index is 1310. The molecule has 3 amide bonds. The van der Waals surface area contributed by atoms with Gasteiger partial charge in [-0.3, -0.25) is 4.79 Å². The zero-order chi connectivity index (χ0) is 25.3. The molecule has 0 radical (unpaired) electrons. The van der Waals surface area contributed by atoms with E-state index in [1.54, 1.807) is 36.1 Å². The first kappa shape index (κ1) is 24.5. The summed E-state index contributed by atoms with van der Waals surface area (Å²) >= 11 is 0. The van der Waals surface area contributed by atoms with Crippen LogP contribution in [0.3, 0.4) is 0 Å². The third kappa shape index (κ3) is 6.09. The highest BCUT2D eigenvalue weighted by molar-refractivity contribution is 5.97. The van der Waals surface area contributed by atoms with Crippen molar-refractivity contribution in [1.29, 1.82) is 0 Å². The van der Waals surface area contributed by atoms with E-state index in [2.05, 4.69) is 10.6 Å². The van der Waals surface area contributed by atoms with Crippen LogP contribution in [0.25, 0.3) is 16.9 Å². The molecule has 0 saturated carbocycles. The van der Waals surface area contributed by atoms with Crippen molar-refractivity contribution in [2.45, 2.75) is 13.3 Å². The molecular formula is C28H29N5O3. The number of benzene rings is 3. The summed E-state index contributed by atoms with van der Waals surface area (Å²) in [6.07, 6.45) is 0.707. The minimum Gasteiger partial charge on any atom is -0.497 e. The summed E-state index contributed by atoms with van der Waals surface area (Å²) in [4.78, 5) is 27.5. The third-order valence-electron chi connectivity index (χ3n) is 5.48. The van der Waals surface area contributed by atoms with Crippen LogP contribution in [0.4, 0.5) is 16.3 Å². The predicted molar refractivity (Wildman–Crippen MR) is 142 cm³/mol. The second-order valence-corrected chi connectivity index (χ2v) is 8.16. The maximum atomic E-state index is 13.1. The summed E-state index contributed by atoms with van der Waals surface area (Å²) in [5.74, 6) is 0.839. The smallest absolute Gasteiger partial charge is 0.322 e. The topological polar surface area (TPSA) is 88.5 Å². The van der Waals surface area contributed by atoms with Gasteiger partial charge in [-0.05, 0) is 30.7 Å². The van der Waals surface area contributed by atoms with Crippen molar-refractivity contribution in [1.82, 2.24) is 14.7 Å². The van der Waals surface area contributed by atoms with Gasteiger partial charge in [0.05, 0.1) is 18.5 Å². The minimum absolute atomic E-state index is 0.107. The lowest BCUT2D eigenvalue weighted by Gasteiger charge is -2.22. The van der Waals surface area contributed by atoms with Gasteiger partial charge in [-0.2, -0.15) is 5.10 Å². The first-order valence-electron chi connectivity index (χ1n) is 11.8. The number of hydrogen-bond donors (Lipinski definition) is 2. The number of ether oxygens (including phenoxy) is 1. The van der Waals surface area contributed by atoms with Gasteiger partial charge in [0.15, 0.2) is 0 Å². The number of anilines is 2. The van der Waals surface area contributed by atoms with Gasteiger partial charge in [-0.15, -0.1) is 0 Å². The summed E-state index contributed by atoms with van der Waals surface area (Å²) in [5.41, 5.74) is 3.08. The lowest BCUT2D eigenvalue weighted by atomic mass is 10.1. The fourth-order valence-corrected chi connectivity index (χ4v) is 3.77. The van der Waals surface area contributed by atoms with Crippen molar-refractivity contribution in [3.8, 4) is 22.7 Å². The molecule has 0 saturated heterocycles. The van der Waals surface area contributed by atoms with Crippen LogP contribution in [0.5, 0.6) is 5.75 Å². The minimum atomic E-state index is -0.359. The summed E-state index contributed by atoms with van der Waals surface area (Å²) in [7, 11) is 1.57. The van der Waals surface area contributed by atoms with Crippen LogP contribution >= 0.6 is 0 Å². The number of carbonyl (C=O) groups is 2. The zero-order valence-electron chi connectivity index (χ0n) is 20.3. The number of rotatable bonds is 9. The molecule has 0 spiro atoms. The summed E-state index contributed by atoms with van der Waals surface area (Å²) in [5, 5.41) is 10.5. The van der Waals surface area contributed by atoms with Crippen LogP contribution in [0, 0.1) is 0 Å². The molecule has 0 aliphatic carbocycles. The van der Waals surface area contributed by atoms with Gasteiger partial charge < -0.3 is 20.3 Å². The van der Waals surface area contributed by atoms with Gasteiger partial charge in [0, 0.05) is 29.9 Å². The Morgan fingerprint density at radius 1 is 0.917 bits per heavy atom. The largest absolute Gasteiger partial charge is 0.497 e. The molecule has 3 aromatic carbocycles. The molecule has 0 aliphatic rings. The number of hydrogen-bond acceptors (Lipinski definition) is 4. The normalized spacial score (nSPS) is 10.5. The molecule has 4 aromatic rings. The van der Waals surface area contributed by atoms with Crippen LogP contribution in [-0.2, 0) is 4.79 Å². The van der Waals surface area contributed by atoms with Crippen LogP contribution in [-0.4, -0.2) is 46.8 Å². The molecule has 8 nitrogen and oxygen atoms in total. The predicted octanol–water partition coefficient (Wildman–Crippen LogP) is 5.43. The van der Waals surface area contributed by atoms with Crippen LogP contribution in [0.2, 0.25) is 0 Å². The van der Waals surface area contributed by atoms with Crippen LogP contribution in [0.15, 0.2) is 91.0 Å². The SMILES string of the molecule is CCCN(CC(=O)Nc1cc(-c2ccccc2)nn1-c1ccccc1)C(=O)Nc1cccc(OC)c1. The van der Waals surface area contributed by atoms with E-state index in [1.165, 1.54) is 4.90 Å². The molecule has 0 bridgehead atoms. The first-order chi connectivity index (χ1) is 17.6. The highest BCUT2D eigenvalue weighted by Gasteiger charge is 2.19. The number of methoxy groups -OCH3 is 1. The quantitative estimate of drug-likeness (QED) is 0.332. The molecule has 8 heteroatoms. The number of urea groups is 1. The lowest BCUT2D eigenvalue weighted by Crippen LogP contribution is -2.41. The van der Waals surface area contributed by atoms with Gasteiger partial charge in [0.1, 0.15) is 18.1 Å². The van der Waals surface area contributed by atoms with E-state index in [0.29, 0.717) is 30.2 Å². The van der Waals surface area contributed by atoms with Crippen LogP contribution in [0.1, 0.15) is 13.3 Å². The molecule has 1 aromatic heterocycles. The maximum Gasteiger partial charge on any atom is 0.322 e. The van der Waals surface area contributed by atoms with E-state index in [1.807, 2.05) is 73.7 Å². The summed E-state index contributed by atoms with van der Waals surface area (Å²) in [6.45, 7) is 2.28. The second kappa shape index (κ2) is 11.7. The number of nitrogens with one attached hydrogen (secondary N) is 2. The van der Waals surface area contributed by atoms with E-state index in [4.69, 9.17) is 9.84 Å². The Morgan fingerprint density at radius 3 is 2.33 bits per heavy atom. The first-order valence-corrected chi connectivity index (χ1v) is 11.8. The molecule has 0 aliphatic heterocycles. The molecule has 2 N–H and O–H groups in total. The highest BCUT2D eigenvalue weighted by atomic mass is 16.5. The number of aromatic nitrogens is 2. The molecule has 1 heterocycles. The molecule has 0 atom stereocenters. The van der Waals surface area contributed by atoms with Gasteiger partial charge in [0.25, 0.3) is 0 Å². The van der Waals surface area contributed by atoms with Crippen molar-refractivity contribution in [3.05, 3.63) is 91.0 Å².